The summed E-state index contributed by atoms with van der Waals surface area (Å²) in [5.74, 6) is -0.611. The zero-order valence-electron chi connectivity index (χ0n) is 24.5. The van der Waals surface area contributed by atoms with Crippen molar-refractivity contribution in [2.45, 2.75) is 136 Å². The smallest absolute Gasteiger partial charge is 0.335 e. The van der Waals surface area contributed by atoms with Gasteiger partial charge in [0.25, 0.3) is 0 Å². The summed E-state index contributed by atoms with van der Waals surface area (Å²) in [6.07, 6.45) is -1.15. The fourth-order valence-corrected chi connectivity index (χ4v) is 17.2. The summed E-state index contributed by atoms with van der Waals surface area (Å²) in [5, 5.41) is 2.38. The van der Waals surface area contributed by atoms with E-state index < -0.39 is 52.8 Å². The Morgan fingerprint density at radius 2 is 1.46 bits per heavy atom. The largest absolute Gasteiger partial charge is 0.414 e. The van der Waals surface area contributed by atoms with Gasteiger partial charge >= 0.3 is 23.2 Å². The molecule has 37 heavy (non-hydrogen) atoms. The summed E-state index contributed by atoms with van der Waals surface area (Å²) in [6, 6.07) is -1.48. The molecule has 3 aliphatic rings. The fourth-order valence-electron chi connectivity index (χ4n) is 6.01. The molecule has 0 aromatic carbocycles. The number of nitrogens with zero attached hydrogens (tertiary/aromatic N) is 1. The van der Waals surface area contributed by atoms with Crippen LogP contribution >= 0.6 is 0 Å². The van der Waals surface area contributed by atoms with Crippen molar-refractivity contribution in [3.63, 3.8) is 0 Å². The van der Waals surface area contributed by atoms with Gasteiger partial charge in [-0.25, -0.2) is 4.79 Å². The van der Waals surface area contributed by atoms with Gasteiger partial charge in [0.15, 0.2) is 5.78 Å². The number of ether oxygens (including phenoxy) is 1. The lowest BCUT2D eigenvalue weighted by molar-refractivity contribution is -0.143. The summed E-state index contributed by atoms with van der Waals surface area (Å²) < 4.78 is 27.5. The lowest BCUT2D eigenvalue weighted by Crippen LogP contribution is -2.65. The fraction of sp³-hybridized carbons (Fsp3) is 0.885. The first kappa shape index (κ1) is 30.4. The highest BCUT2D eigenvalue weighted by Gasteiger charge is 2.61. The maximum atomic E-state index is 13.3. The molecular formula is C26H48N2O7Si2. The predicted octanol–water partition coefficient (Wildman–Crippen LogP) is 4.98. The van der Waals surface area contributed by atoms with E-state index in [9.17, 15) is 14.4 Å². The van der Waals surface area contributed by atoms with Gasteiger partial charge in [0, 0.05) is 11.8 Å². The van der Waals surface area contributed by atoms with Gasteiger partial charge in [0.1, 0.15) is 18.4 Å². The molecule has 0 unspecified atom stereocenters. The molecule has 3 fully saturated rings. The van der Waals surface area contributed by atoms with E-state index in [1.165, 1.54) is 4.90 Å². The Morgan fingerprint density at radius 1 is 0.919 bits per heavy atom. The average molecular weight is 557 g/mol. The Labute approximate surface area is 224 Å². The van der Waals surface area contributed by atoms with E-state index in [4.69, 9.17) is 17.7 Å². The minimum absolute atomic E-state index is 0.0785. The van der Waals surface area contributed by atoms with Gasteiger partial charge in [-0.2, -0.15) is 0 Å². The minimum atomic E-state index is -2.83. The number of carbonyl (C=O) groups is 3. The number of carbonyl (C=O) groups excluding carboxylic acids is 3. The van der Waals surface area contributed by atoms with Crippen LogP contribution in [-0.2, 0) is 27.3 Å². The second kappa shape index (κ2) is 10.8. The first-order chi connectivity index (χ1) is 17.0. The zero-order valence-corrected chi connectivity index (χ0v) is 26.5. The number of rotatable bonds is 6. The molecule has 0 spiro atoms. The topological polar surface area (TPSA) is 103 Å². The third-order valence-electron chi connectivity index (χ3n) is 8.07. The van der Waals surface area contributed by atoms with E-state index >= 15 is 0 Å². The number of Topliss-reactive ketones (excluding diaryl/α,β-unsaturated/α-hetero) is 1. The van der Waals surface area contributed by atoms with Gasteiger partial charge in [-0.15, -0.1) is 0 Å². The molecule has 3 aliphatic heterocycles. The molecule has 4 atom stereocenters. The van der Waals surface area contributed by atoms with Crippen molar-refractivity contribution >= 4 is 34.8 Å². The van der Waals surface area contributed by atoms with Crippen molar-refractivity contribution in [3.8, 4) is 0 Å². The number of fused-ring (bicyclic) bond motifs is 1. The molecule has 0 bridgehead atoms. The maximum Gasteiger partial charge on any atom is 0.335 e. The van der Waals surface area contributed by atoms with Gasteiger partial charge in [0.2, 0.25) is 5.91 Å². The second-order valence-corrected chi connectivity index (χ2v) is 21.9. The first-order valence-electron chi connectivity index (χ1n) is 13.8. The van der Waals surface area contributed by atoms with E-state index in [0.29, 0.717) is 13.0 Å². The molecule has 3 amide bonds. The second-order valence-electron chi connectivity index (χ2n) is 13.1. The standard InChI is InChI=1S/C26H48N2O7Si2/c1-15(2)36(16(3)4)32-14-21-20(34-37(35-36,17(5)6)18(7)8)13-23(33-21)28-19(24(30)26(9,10)11)12-22(29)27-25(28)31/h15-21,23H,12-14H2,1-11H3,(H,27,29,31)/t19-,20+,21-,23-/m1/s1. The number of nitrogens with one attached hydrogen (secondary N) is 1. The van der Waals surface area contributed by atoms with Gasteiger partial charge in [0.05, 0.1) is 19.1 Å². The number of hydrogen-bond donors (Lipinski definition) is 1. The molecule has 3 heterocycles. The summed E-state index contributed by atoms with van der Waals surface area (Å²) in [6.45, 7) is 23.0. The predicted molar refractivity (Wildman–Crippen MR) is 145 cm³/mol. The number of urea groups is 1. The lowest BCUT2D eigenvalue weighted by atomic mass is 9.84. The van der Waals surface area contributed by atoms with Crippen LogP contribution in [0, 0.1) is 5.41 Å². The number of ketones is 1. The molecule has 11 heteroatoms. The number of hydrogen-bond acceptors (Lipinski definition) is 7. The van der Waals surface area contributed by atoms with Crippen molar-refractivity contribution in [3.05, 3.63) is 0 Å². The van der Waals surface area contributed by atoms with Crippen LogP contribution in [0.25, 0.3) is 0 Å². The number of imide groups is 1. The normalized spacial score (nSPS) is 30.5. The van der Waals surface area contributed by atoms with Crippen molar-refractivity contribution in [2.75, 3.05) is 6.61 Å². The Bertz CT molecular complexity index is 871. The monoisotopic (exact) mass is 556 g/mol. The van der Waals surface area contributed by atoms with Crippen LogP contribution in [-0.4, -0.2) is 70.8 Å². The Morgan fingerprint density at radius 3 is 1.95 bits per heavy atom. The molecule has 0 saturated carbocycles. The molecular weight excluding hydrogens is 508 g/mol. The molecule has 3 rings (SSSR count). The van der Waals surface area contributed by atoms with Gasteiger partial charge in [-0.3, -0.25) is 19.8 Å². The highest BCUT2D eigenvalue weighted by molar-refractivity contribution is 6.83. The summed E-state index contributed by atoms with van der Waals surface area (Å²) >= 11 is 0. The highest BCUT2D eigenvalue weighted by Crippen LogP contribution is 2.47. The minimum Gasteiger partial charge on any atom is -0.414 e. The molecule has 3 saturated heterocycles. The number of amides is 3. The van der Waals surface area contributed by atoms with Crippen LogP contribution in [0.15, 0.2) is 0 Å². The summed E-state index contributed by atoms with van der Waals surface area (Å²) in [7, 11) is -5.54. The van der Waals surface area contributed by atoms with Gasteiger partial charge < -0.3 is 17.7 Å². The molecule has 0 aliphatic carbocycles. The zero-order chi connectivity index (χ0) is 28.1. The average Bonchev–Trinajstić information content (AvgIpc) is 3.12. The summed E-state index contributed by atoms with van der Waals surface area (Å²) in [4.78, 5) is 40.1. The van der Waals surface area contributed by atoms with E-state index in [0.717, 1.165) is 0 Å². The van der Waals surface area contributed by atoms with E-state index in [1.807, 2.05) is 0 Å². The van der Waals surface area contributed by atoms with Crippen LogP contribution in [0.2, 0.25) is 22.2 Å². The van der Waals surface area contributed by atoms with Crippen LogP contribution in [0.4, 0.5) is 4.79 Å². The molecule has 1 N–H and O–H groups in total. The lowest BCUT2D eigenvalue weighted by Gasteiger charge is -2.51. The third kappa shape index (κ3) is 5.63. The summed E-state index contributed by atoms with van der Waals surface area (Å²) in [5.41, 5.74) is 0.0451. The van der Waals surface area contributed by atoms with Crippen LogP contribution in [0.3, 0.4) is 0 Å². The van der Waals surface area contributed by atoms with Crippen molar-refractivity contribution in [1.29, 1.82) is 0 Å². The van der Waals surface area contributed by atoms with Crippen molar-refractivity contribution in [2.24, 2.45) is 5.41 Å². The van der Waals surface area contributed by atoms with Crippen LogP contribution in [0.5, 0.6) is 0 Å². The van der Waals surface area contributed by atoms with Crippen molar-refractivity contribution < 1.29 is 32.1 Å². The molecule has 0 aromatic heterocycles. The quantitative estimate of drug-likeness (QED) is 0.460. The van der Waals surface area contributed by atoms with Gasteiger partial charge in [-0.05, 0) is 22.2 Å². The van der Waals surface area contributed by atoms with E-state index in [2.05, 4.69) is 60.7 Å². The first-order valence-corrected chi connectivity index (χ1v) is 17.7. The van der Waals surface area contributed by atoms with E-state index in [-0.39, 0.29) is 40.5 Å². The van der Waals surface area contributed by atoms with E-state index in [1.54, 1.807) is 20.8 Å². The van der Waals surface area contributed by atoms with Crippen LogP contribution < -0.4 is 5.32 Å². The Hall–Kier alpha value is -1.12. The third-order valence-corrected chi connectivity index (χ3v) is 18.4. The van der Waals surface area contributed by atoms with Crippen LogP contribution in [0.1, 0.15) is 89.0 Å². The highest BCUT2D eigenvalue weighted by atomic mass is 28.5. The SMILES string of the molecule is CC(C)[Si]1(C(C)C)OC[C@H]2O[C@@H](N3C(=O)NC(=O)C[C@@H]3C(=O)C(C)(C)C)C[C@@H]2O[Si](C(C)C)(C(C)C)O1. The van der Waals surface area contributed by atoms with Crippen molar-refractivity contribution in [1.82, 2.24) is 10.2 Å². The molecule has 0 aromatic rings. The van der Waals surface area contributed by atoms with Gasteiger partial charge in [-0.1, -0.05) is 76.2 Å². The molecule has 212 valence electrons. The maximum absolute atomic E-state index is 13.3. The molecule has 9 nitrogen and oxygen atoms in total. The molecule has 0 radical (unpaired) electrons. The Kier molecular flexibility index (Phi) is 8.88. The Balaban J connectivity index is 2.01.